The number of rotatable bonds is 7. The van der Waals surface area contributed by atoms with Crippen LogP contribution in [0.15, 0.2) is 59.1 Å². The third-order valence-electron chi connectivity index (χ3n) is 4.27. The Balaban J connectivity index is 2.33. The molecule has 4 N–H and O–H groups in total. The van der Waals surface area contributed by atoms with E-state index in [0.29, 0.717) is 11.3 Å². The lowest BCUT2D eigenvalue weighted by molar-refractivity contribution is -0.124. The van der Waals surface area contributed by atoms with E-state index in [1.54, 1.807) is 50.2 Å². The summed E-state index contributed by atoms with van der Waals surface area (Å²) in [6.45, 7) is 3.49. The van der Waals surface area contributed by atoms with Gasteiger partial charge in [-0.25, -0.2) is 10.3 Å². The number of aromatic hydroxyl groups is 1. The summed E-state index contributed by atoms with van der Waals surface area (Å²) >= 11 is 3.33. The van der Waals surface area contributed by atoms with Crippen LogP contribution in [0.1, 0.15) is 25.5 Å². The largest absolute Gasteiger partial charge is 0.504 e. The maximum absolute atomic E-state index is 12.6. The molecule has 0 unspecified atom stereocenters. The highest BCUT2D eigenvalue weighted by molar-refractivity contribution is 9.10. The van der Waals surface area contributed by atoms with Crippen LogP contribution < -0.4 is 15.5 Å². The van der Waals surface area contributed by atoms with E-state index in [1.165, 1.54) is 24.7 Å². The Bertz CT molecular complexity index is 928. The van der Waals surface area contributed by atoms with Gasteiger partial charge >= 0.3 is 6.09 Å². The molecule has 0 heterocycles. The van der Waals surface area contributed by atoms with Crippen LogP contribution in [0, 0.1) is 5.41 Å². The van der Waals surface area contributed by atoms with Crippen molar-refractivity contribution in [3.8, 4) is 11.5 Å². The molecular formula is C21H23BrN2O6. The Morgan fingerprint density at radius 2 is 1.83 bits per heavy atom. The number of carbonyl (C=O) groups is 2. The van der Waals surface area contributed by atoms with Crippen molar-refractivity contribution < 1.29 is 29.4 Å². The molecule has 0 aliphatic heterocycles. The van der Waals surface area contributed by atoms with Crippen molar-refractivity contribution in [3.05, 3.63) is 64.7 Å². The second kappa shape index (κ2) is 10.1. The van der Waals surface area contributed by atoms with Crippen LogP contribution in [0.5, 0.6) is 11.5 Å². The van der Waals surface area contributed by atoms with E-state index in [9.17, 15) is 14.7 Å². The maximum Gasteiger partial charge on any atom is 0.412 e. The molecule has 2 rings (SSSR count). The number of anilines is 1. The first-order chi connectivity index (χ1) is 14.2. The zero-order valence-electron chi connectivity index (χ0n) is 16.7. The molecular weight excluding hydrogens is 456 g/mol. The summed E-state index contributed by atoms with van der Waals surface area (Å²) in [5, 5.41) is 21.5. The van der Waals surface area contributed by atoms with Gasteiger partial charge in [0.2, 0.25) is 0 Å². The molecule has 2 aromatic carbocycles. The predicted octanol–water partition coefficient (Wildman–Crippen LogP) is 4.54. The first kappa shape index (κ1) is 23.2. The van der Waals surface area contributed by atoms with Crippen molar-refractivity contribution in [2.24, 2.45) is 5.41 Å². The lowest BCUT2D eigenvalue weighted by Crippen LogP contribution is -2.28. The highest BCUT2D eigenvalue weighted by Crippen LogP contribution is 2.41. The van der Waals surface area contributed by atoms with Crippen LogP contribution in [0.3, 0.4) is 0 Å². The van der Waals surface area contributed by atoms with Gasteiger partial charge in [-0.2, -0.15) is 0 Å². The number of methoxy groups -OCH3 is 1. The third kappa shape index (κ3) is 6.23. The number of halogens is 1. The van der Waals surface area contributed by atoms with E-state index >= 15 is 0 Å². The van der Waals surface area contributed by atoms with Crippen LogP contribution in [0.25, 0.3) is 0 Å². The Morgan fingerprint density at radius 1 is 1.17 bits per heavy atom. The monoisotopic (exact) mass is 478 g/mol. The first-order valence-corrected chi connectivity index (χ1v) is 9.69. The van der Waals surface area contributed by atoms with Gasteiger partial charge in [0, 0.05) is 21.7 Å². The number of nitrogens with one attached hydrogen (secondary N) is 2. The predicted molar refractivity (Wildman–Crippen MR) is 114 cm³/mol. The van der Waals surface area contributed by atoms with Crippen LogP contribution in [-0.4, -0.2) is 29.4 Å². The molecule has 0 saturated carbocycles. The number of phenolic OH excluding ortho intramolecular Hbond substituents is 1. The van der Waals surface area contributed by atoms with Gasteiger partial charge in [0.25, 0.3) is 5.91 Å². The molecule has 160 valence electrons. The topological polar surface area (TPSA) is 117 Å². The fourth-order valence-electron chi connectivity index (χ4n) is 2.72. The minimum Gasteiger partial charge on any atom is -0.504 e. The Kier molecular flexibility index (Phi) is 7.85. The summed E-state index contributed by atoms with van der Waals surface area (Å²) in [6, 6.07) is 11.6. The van der Waals surface area contributed by atoms with Gasteiger partial charge in [-0.1, -0.05) is 41.9 Å². The molecule has 8 nitrogen and oxygen atoms in total. The second-order valence-electron chi connectivity index (χ2n) is 6.98. The zero-order chi connectivity index (χ0) is 22.3. The second-order valence-corrected chi connectivity index (χ2v) is 7.89. The van der Waals surface area contributed by atoms with Gasteiger partial charge < -0.3 is 14.6 Å². The summed E-state index contributed by atoms with van der Waals surface area (Å²) in [5.74, 6) is -0.576. The maximum atomic E-state index is 12.6. The third-order valence-corrected chi connectivity index (χ3v) is 4.80. The van der Waals surface area contributed by atoms with E-state index in [-0.39, 0.29) is 11.5 Å². The normalized spacial score (nSPS) is 12.3. The molecule has 0 bridgehead atoms. The molecule has 0 radical (unpaired) electrons. The van der Waals surface area contributed by atoms with Crippen molar-refractivity contribution in [3.63, 3.8) is 0 Å². The lowest BCUT2D eigenvalue weighted by Gasteiger charge is -2.32. The van der Waals surface area contributed by atoms with Crippen LogP contribution in [-0.2, 0) is 9.53 Å². The smallest absolute Gasteiger partial charge is 0.412 e. The number of phenols is 1. The molecule has 2 amide bonds. The Morgan fingerprint density at radius 3 is 2.40 bits per heavy atom. The summed E-state index contributed by atoms with van der Waals surface area (Å²) in [4.78, 5) is 24.0. The van der Waals surface area contributed by atoms with Crippen molar-refractivity contribution in [2.75, 3.05) is 12.4 Å². The average molecular weight is 479 g/mol. The SMILES string of the molecule is COc1ccc([C@H](OC(=O)Nc2ccc(Br)cc2)C(C)(C)/C=C/C(=O)NO)cc1O. The van der Waals surface area contributed by atoms with E-state index in [2.05, 4.69) is 21.2 Å². The number of hydrogen-bond donors (Lipinski definition) is 4. The number of benzene rings is 2. The summed E-state index contributed by atoms with van der Waals surface area (Å²) in [7, 11) is 1.43. The van der Waals surface area contributed by atoms with Gasteiger partial charge in [0.1, 0.15) is 6.10 Å². The summed E-state index contributed by atoms with van der Waals surface area (Å²) < 4.78 is 11.6. The quantitative estimate of drug-likeness (QED) is 0.263. The molecule has 1 atom stereocenters. The highest BCUT2D eigenvalue weighted by atomic mass is 79.9. The Hall–Kier alpha value is -3.04. The van der Waals surface area contributed by atoms with E-state index in [4.69, 9.17) is 14.7 Å². The molecule has 0 saturated heterocycles. The van der Waals surface area contributed by atoms with Crippen molar-refractivity contribution >= 4 is 33.6 Å². The average Bonchev–Trinajstić information content (AvgIpc) is 2.71. The van der Waals surface area contributed by atoms with E-state index < -0.39 is 23.5 Å². The first-order valence-electron chi connectivity index (χ1n) is 8.89. The molecule has 0 spiro atoms. The lowest BCUT2D eigenvalue weighted by atomic mass is 9.82. The number of hydrogen-bond acceptors (Lipinski definition) is 6. The fraction of sp³-hybridized carbons (Fsp3) is 0.238. The molecule has 30 heavy (non-hydrogen) atoms. The summed E-state index contributed by atoms with van der Waals surface area (Å²) in [5.41, 5.74) is 1.65. The van der Waals surface area contributed by atoms with E-state index in [1.807, 2.05) is 0 Å². The Labute approximate surface area is 182 Å². The van der Waals surface area contributed by atoms with Gasteiger partial charge in [-0.05, 0) is 42.0 Å². The number of carbonyl (C=O) groups excluding carboxylic acids is 2. The fourth-order valence-corrected chi connectivity index (χ4v) is 2.99. The molecule has 0 aliphatic carbocycles. The summed E-state index contributed by atoms with van der Waals surface area (Å²) in [6.07, 6.45) is 1.03. The number of amides is 2. The molecule has 2 aromatic rings. The van der Waals surface area contributed by atoms with Gasteiger partial charge in [0.15, 0.2) is 11.5 Å². The van der Waals surface area contributed by atoms with Crippen molar-refractivity contribution in [2.45, 2.75) is 20.0 Å². The van der Waals surface area contributed by atoms with Crippen molar-refractivity contribution in [1.29, 1.82) is 0 Å². The number of ether oxygens (including phenoxy) is 2. The van der Waals surface area contributed by atoms with Gasteiger partial charge in [-0.3, -0.25) is 15.3 Å². The standard InChI is InChI=1S/C21H23BrN2O6/c1-21(2,11-10-18(26)24-28)19(13-4-9-17(29-3)16(25)12-13)30-20(27)23-15-7-5-14(22)6-8-15/h4-12,19,25,28H,1-3H3,(H,23,27)(H,24,26)/b11-10+/t19-/m0/s1. The number of hydroxylamine groups is 1. The minimum atomic E-state index is -0.884. The molecule has 9 heteroatoms. The highest BCUT2D eigenvalue weighted by Gasteiger charge is 2.33. The minimum absolute atomic E-state index is 0.121. The van der Waals surface area contributed by atoms with Crippen LogP contribution in [0.4, 0.5) is 10.5 Å². The molecule has 0 aliphatic rings. The van der Waals surface area contributed by atoms with Gasteiger partial charge in [0.05, 0.1) is 7.11 Å². The zero-order valence-corrected chi connectivity index (χ0v) is 18.3. The molecule has 0 fully saturated rings. The molecule has 0 aromatic heterocycles. The van der Waals surface area contributed by atoms with E-state index in [0.717, 1.165) is 10.5 Å². The van der Waals surface area contributed by atoms with Crippen molar-refractivity contribution in [1.82, 2.24) is 5.48 Å². The van der Waals surface area contributed by atoms with Gasteiger partial charge in [-0.15, -0.1) is 0 Å². The van der Waals surface area contributed by atoms with Crippen LogP contribution >= 0.6 is 15.9 Å². The van der Waals surface area contributed by atoms with Crippen LogP contribution in [0.2, 0.25) is 0 Å².